The Morgan fingerprint density at radius 3 is 2.50 bits per heavy atom. The van der Waals surface area contributed by atoms with Crippen LogP contribution in [0.5, 0.6) is 11.5 Å². The highest BCUT2D eigenvalue weighted by Gasteiger charge is 2.29. The third kappa shape index (κ3) is 6.64. The van der Waals surface area contributed by atoms with Gasteiger partial charge in [-0.05, 0) is 49.8 Å². The van der Waals surface area contributed by atoms with E-state index in [9.17, 15) is 9.59 Å². The van der Waals surface area contributed by atoms with Crippen molar-refractivity contribution in [2.24, 2.45) is 11.8 Å². The van der Waals surface area contributed by atoms with Crippen molar-refractivity contribution in [1.82, 2.24) is 9.80 Å². The summed E-state index contributed by atoms with van der Waals surface area (Å²) in [5, 5.41) is 0. The molecule has 1 aromatic carbocycles. The molecule has 0 aromatic heterocycles. The van der Waals surface area contributed by atoms with E-state index >= 15 is 0 Å². The Morgan fingerprint density at radius 1 is 1.20 bits per heavy atom. The number of methoxy groups -OCH3 is 1. The molecule has 1 aliphatic rings. The fourth-order valence-corrected chi connectivity index (χ4v) is 3.65. The van der Waals surface area contributed by atoms with Gasteiger partial charge in [0.2, 0.25) is 5.91 Å². The average Bonchev–Trinajstić information content (AvgIpc) is 2.76. The fourth-order valence-electron chi connectivity index (χ4n) is 3.65. The zero-order valence-electron chi connectivity index (χ0n) is 19.3. The zero-order valence-corrected chi connectivity index (χ0v) is 19.3. The van der Waals surface area contributed by atoms with Crippen LogP contribution in [0.15, 0.2) is 18.2 Å². The summed E-state index contributed by atoms with van der Waals surface area (Å²) in [4.78, 5) is 29.2. The Morgan fingerprint density at radius 2 is 1.90 bits per heavy atom. The second-order valence-electron chi connectivity index (χ2n) is 8.58. The average molecular weight is 419 g/mol. The molecular formula is C24H38N2O4. The molecule has 0 aliphatic carbocycles. The summed E-state index contributed by atoms with van der Waals surface area (Å²) < 4.78 is 11.3. The molecule has 0 radical (unpaired) electrons. The Kier molecular flexibility index (Phi) is 9.47. The number of hydrogen-bond donors (Lipinski definition) is 0. The van der Waals surface area contributed by atoms with Crippen LogP contribution >= 0.6 is 0 Å². The van der Waals surface area contributed by atoms with Gasteiger partial charge in [0.15, 0.2) is 11.5 Å². The van der Waals surface area contributed by atoms with E-state index in [0.717, 1.165) is 25.8 Å². The van der Waals surface area contributed by atoms with Crippen LogP contribution in [-0.4, -0.2) is 62.0 Å². The van der Waals surface area contributed by atoms with Crippen LogP contribution < -0.4 is 9.47 Å². The Hall–Kier alpha value is -2.24. The third-order valence-corrected chi connectivity index (χ3v) is 5.72. The van der Waals surface area contributed by atoms with Crippen molar-refractivity contribution in [2.45, 2.75) is 52.9 Å². The Labute approximate surface area is 181 Å². The van der Waals surface area contributed by atoms with E-state index in [1.807, 2.05) is 22.9 Å². The number of carbonyl (C=O) groups excluding carboxylic acids is 2. The van der Waals surface area contributed by atoms with Gasteiger partial charge >= 0.3 is 0 Å². The van der Waals surface area contributed by atoms with Crippen molar-refractivity contribution in [2.75, 3.05) is 40.4 Å². The van der Waals surface area contributed by atoms with Gasteiger partial charge < -0.3 is 19.3 Å². The maximum atomic E-state index is 13.0. The topological polar surface area (TPSA) is 59.1 Å². The minimum Gasteiger partial charge on any atom is -0.493 e. The lowest BCUT2D eigenvalue weighted by atomic mass is 9.94. The van der Waals surface area contributed by atoms with Gasteiger partial charge in [-0.25, -0.2) is 0 Å². The molecule has 168 valence electrons. The SMILES string of the molecule is CCCCN(C)C(=O)C1CCN(C(=O)c2ccc(OCCC(C)C)c(OC)c2)CC1. The lowest BCUT2D eigenvalue weighted by molar-refractivity contribution is -0.135. The maximum Gasteiger partial charge on any atom is 0.253 e. The number of unbranched alkanes of at least 4 members (excludes halogenated alkanes) is 1. The van der Waals surface area contributed by atoms with Crippen molar-refractivity contribution in [3.8, 4) is 11.5 Å². The number of piperidine rings is 1. The van der Waals surface area contributed by atoms with Gasteiger partial charge in [-0.15, -0.1) is 0 Å². The number of hydrogen-bond acceptors (Lipinski definition) is 4. The van der Waals surface area contributed by atoms with Crippen LogP contribution in [0.2, 0.25) is 0 Å². The normalized spacial score (nSPS) is 14.7. The number of carbonyl (C=O) groups is 2. The van der Waals surface area contributed by atoms with E-state index < -0.39 is 0 Å². The maximum absolute atomic E-state index is 13.0. The van der Waals surface area contributed by atoms with Gasteiger partial charge in [0.1, 0.15) is 0 Å². The van der Waals surface area contributed by atoms with Crippen LogP contribution in [0.3, 0.4) is 0 Å². The minimum atomic E-state index is -0.0210. The van der Waals surface area contributed by atoms with Gasteiger partial charge in [-0.1, -0.05) is 27.2 Å². The Balaban J connectivity index is 1.93. The molecule has 1 heterocycles. The van der Waals surface area contributed by atoms with E-state index in [2.05, 4.69) is 20.8 Å². The molecule has 1 aliphatic heterocycles. The first-order chi connectivity index (χ1) is 14.4. The van der Waals surface area contributed by atoms with Gasteiger partial charge in [0.25, 0.3) is 5.91 Å². The summed E-state index contributed by atoms with van der Waals surface area (Å²) in [6.45, 7) is 9.07. The van der Waals surface area contributed by atoms with E-state index in [1.54, 1.807) is 19.2 Å². The smallest absolute Gasteiger partial charge is 0.253 e. The molecule has 0 unspecified atom stereocenters. The van der Waals surface area contributed by atoms with Crippen LogP contribution in [0.25, 0.3) is 0 Å². The molecule has 0 bridgehead atoms. The van der Waals surface area contributed by atoms with Crippen molar-refractivity contribution >= 4 is 11.8 Å². The Bertz CT molecular complexity index is 696. The number of ether oxygens (including phenoxy) is 2. The van der Waals surface area contributed by atoms with Crippen molar-refractivity contribution < 1.29 is 19.1 Å². The molecule has 1 saturated heterocycles. The van der Waals surface area contributed by atoms with Gasteiger partial charge in [-0.3, -0.25) is 9.59 Å². The van der Waals surface area contributed by atoms with Gasteiger partial charge in [-0.2, -0.15) is 0 Å². The van der Waals surface area contributed by atoms with Crippen LogP contribution in [0, 0.1) is 11.8 Å². The summed E-state index contributed by atoms with van der Waals surface area (Å²) in [5.74, 6) is 2.01. The summed E-state index contributed by atoms with van der Waals surface area (Å²) >= 11 is 0. The van der Waals surface area contributed by atoms with Crippen molar-refractivity contribution in [1.29, 1.82) is 0 Å². The van der Waals surface area contributed by atoms with E-state index in [4.69, 9.17) is 9.47 Å². The van der Waals surface area contributed by atoms with E-state index in [1.165, 1.54) is 0 Å². The molecule has 6 nitrogen and oxygen atoms in total. The molecule has 30 heavy (non-hydrogen) atoms. The molecule has 0 spiro atoms. The number of benzene rings is 1. The van der Waals surface area contributed by atoms with Crippen molar-refractivity contribution in [3.63, 3.8) is 0 Å². The van der Waals surface area contributed by atoms with Crippen molar-refractivity contribution in [3.05, 3.63) is 23.8 Å². The minimum absolute atomic E-state index is 0.0159. The predicted molar refractivity (Wildman–Crippen MR) is 119 cm³/mol. The van der Waals surface area contributed by atoms with Crippen LogP contribution in [0.4, 0.5) is 0 Å². The summed E-state index contributed by atoms with van der Waals surface area (Å²) in [6.07, 6.45) is 4.50. The van der Waals surface area contributed by atoms with E-state index in [-0.39, 0.29) is 17.7 Å². The molecular weight excluding hydrogens is 380 g/mol. The number of amides is 2. The molecule has 1 aromatic rings. The molecule has 0 saturated carbocycles. The first-order valence-electron chi connectivity index (χ1n) is 11.2. The fraction of sp³-hybridized carbons (Fsp3) is 0.667. The summed E-state index contributed by atoms with van der Waals surface area (Å²) in [6, 6.07) is 5.36. The highest BCUT2D eigenvalue weighted by Crippen LogP contribution is 2.30. The molecule has 6 heteroatoms. The first-order valence-corrected chi connectivity index (χ1v) is 11.2. The second kappa shape index (κ2) is 11.8. The van der Waals surface area contributed by atoms with Gasteiger partial charge in [0.05, 0.1) is 13.7 Å². The van der Waals surface area contributed by atoms with Crippen LogP contribution in [-0.2, 0) is 4.79 Å². The standard InChI is InChI=1S/C24H38N2O4/c1-6-7-13-25(4)23(27)19-10-14-26(15-11-19)24(28)20-8-9-21(22(17-20)29-5)30-16-12-18(2)3/h8-9,17-19H,6-7,10-16H2,1-5H3. The van der Waals surface area contributed by atoms with E-state index in [0.29, 0.717) is 55.5 Å². The monoisotopic (exact) mass is 418 g/mol. The highest BCUT2D eigenvalue weighted by atomic mass is 16.5. The second-order valence-corrected chi connectivity index (χ2v) is 8.58. The molecule has 2 rings (SSSR count). The zero-order chi connectivity index (χ0) is 22.1. The molecule has 2 amide bonds. The van der Waals surface area contributed by atoms with Crippen LogP contribution in [0.1, 0.15) is 63.2 Å². The number of likely N-dealkylation sites (tertiary alicyclic amines) is 1. The predicted octanol–water partition coefficient (Wildman–Crippen LogP) is 4.23. The lowest BCUT2D eigenvalue weighted by Gasteiger charge is -2.33. The third-order valence-electron chi connectivity index (χ3n) is 5.72. The summed E-state index contributed by atoms with van der Waals surface area (Å²) in [7, 11) is 3.47. The number of nitrogens with zero attached hydrogens (tertiary/aromatic N) is 2. The lowest BCUT2D eigenvalue weighted by Crippen LogP contribution is -2.43. The number of rotatable bonds is 10. The quantitative estimate of drug-likeness (QED) is 0.570. The largest absolute Gasteiger partial charge is 0.493 e. The molecule has 0 atom stereocenters. The molecule has 1 fully saturated rings. The molecule has 0 N–H and O–H groups in total. The first kappa shape index (κ1) is 24.0. The highest BCUT2D eigenvalue weighted by molar-refractivity contribution is 5.95. The van der Waals surface area contributed by atoms with Gasteiger partial charge in [0, 0.05) is 38.2 Å². The summed E-state index contributed by atoms with van der Waals surface area (Å²) in [5.41, 5.74) is 0.591.